The molecule has 3 atom stereocenters. The number of rotatable bonds is 5. The van der Waals surface area contributed by atoms with Gasteiger partial charge in [0, 0.05) is 13.0 Å². The first-order chi connectivity index (χ1) is 7.61. The highest BCUT2D eigenvalue weighted by Gasteiger charge is 2.24. The summed E-state index contributed by atoms with van der Waals surface area (Å²) in [6.45, 7) is 8.93. The largest absolute Gasteiger partial charge is 0.381 e. The molecule has 0 bridgehead atoms. The Labute approximate surface area is 99.8 Å². The number of aryl methyl sites for hydroxylation is 1. The Morgan fingerprint density at radius 2 is 1.81 bits per heavy atom. The van der Waals surface area contributed by atoms with Gasteiger partial charge in [-0.3, -0.25) is 0 Å². The van der Waals surface area contributed by atoms with Crippen molar-refractivity contribution in [3.05, 3.63) is 35.4 Å². The lowest BCUT2D eigenvalue weighted by atomic mass is 9.85. The quantitative estimate of drug-likeness (QED) is 0.724. The summed E-state index contributed by atoms with van der Waals surface area (Å²) in [4.78, 5) is 0. The van der Waals surface area contributed by atoms with E-state index in [9.17, 15) is 0 Å². The summed E-state index contributed by atoms with van der Waals surface area (Å²) in [7, 11) is 1.82. The zero-order chi connectivity index (χ0) is 12.1. The molecule has 0 unspecified atom stereocenters. The van der Waals surface area contributed by atoms with Gasteiger partial charge in [0.1, 0.15) is 0 Å². The van der Waals surface area contributed by atoms with Gasteiger partial charge < -0.3 is 4.74 Å². The monoisotopic (exact) mass is 220 g/mol. The summed E-state index contributed by atoms with van der Waals surface area (Å²) in [5.74, 6) is 1.06. The van der Waals surface area contributed by atoms with E-state index in [4.69, 9.17) is 4.74 Å². The maximum Gasteiger partial charge on any atom is 0.0662 e. The molecule has 0 saturated heterocycles. The molecule has 0 fully saturated rings. The van der Waals surface area contributed by atoms with Gasteiger partial charge in [0.15, 0.2) is 0 Å². The lowest BCUT2D eigenvalue weighted by Gasteiger charge is -2.29. The molecule has 0 aliphatic heterocycles. The first-order valence-electron chi connectivity index (χ1n) is 6.20. The maximum atomic E-state index is 5.67. The fourth-order valence-corrected chi connectivity index (χ4v) is 2.44. The Kier molecular flexibility index (Phi) is 5.01. The highest BCUT2D eigenvalue weighted by molar-refractivity contribution is 5.29. The molecule has 0 aliphatic carbocycles. The molecule has 0 aromatic heterocycles. The van der Waals surface area contributed by atoms with E-state index in [1.165, 1.54) is 11.1 Å². The van der Waals surface area contributed by atoms with Crippen molar-refractivity contribution in [3.63, 3.8) is 0 Å². The molecule has 0 radical (unpaired) electrons. The molecule has 1 nitrogen and oxygen atoms in total. The Morgan fingerprint density at radius 3 is 2.31 bits per heavy atom. The highest BCUT2D eigenvalue weighted by atomic mass is 16.5. The molecule has 0 spiro atoms. The average molecular weight is 220 g/mol. The second-order valence-corrected chi connectivity index (χ2v) is 4.73. The Balaban J connectivity index is 2.91. The summed E-state index contributed by atoms with van der Waals surface area (Å²) in [6, 6.07) is 8.60. The van der Waals surface area contributed by atoms with Crippen LogP contribution in [0.1, 0.15) is 44.2 Å². The summed E-state index contributed by atoms with van der Waals surface area (Å²) in [5.41, 5.74) is 2.77. The predicted molar refractivity (Wildman–Crippen MR) is 69.8 cm³/mol. The molecule has 0 amide bonds. The van der Waals surface area contributed by atoms with Crippen molar-refractivity contribution < 1.29 is 4.74 Å². The third-order valence-corrected chi connectivity index (χ3v) is 3.65. The van der Waals surface area contributed by atoms with E-state index >= 15 is 0 Å². The van der Waals surface area contributed by atoms with Gasteiger partial charge in [0.25, 0.3) is 0 Å². The molecule has 1 aromatic carbocycles. The van der Waals surface area contributed by atoms with E-state index in [0.717, 1.165) is 6.42 Å². The third-order valence-electron chi connectivity index (χ3n) is 3.65. The Hall–Kier alpha value is -0.820. The fraction of sp³-hybridized carbons (Fsp3) is 0.600. The normalized spacial score (nSPS) is 16.8. The molecule has 0 heterocycles. The van der Waals surface area contributed by atoms with Gasteiger partial charge in [-0.15, -0.1) is 0 Å². The molecule has 16 heavy (non-hydrogen) atoms. The van der Waals surface area contributed by atoms with Gasteiger partial charge in [-0.25, -0.2) is 0 Å². The Bertz CT molecular complexity index is 319. The first-order valence-corrected chi connectivity index (χ1v) is 6.20. The SMILES string of the molecule is CC[C@@H](C)[C@H](OC)[C@H](C)c1ccccc1C. The summed E-state index contributed by atoms with van der Waals surface area (Å²) >= 11 is 0. The van der Waals surface area contributed by atoms with Crippen LogP contribution in [0.5, 0.6) is 0 Å². The van der Waals surface area contributed by atoms with Crippen LogP contribution in [0.3, 0.4) is 0 Å². The molecule has 0 saturated carbocycles. The topological polar surface area (TPSA) is 9.23 Å². The smallest absolute Gasteiger partial charge is 0.0662 e. The van der Waals surface area contributed by atoms with Crippen LogP contribution in [0.25, 0.3) is 0 Å². The minimum absolute atomic E-state index is 0.311. The van der Waals surface area contributed by atoms with E-state index in [-0.39, 0.29) is 0 Å². The van der Waals surface area contributed by atoms with Gasteiger partial charge in [-0.1, -0.05) is 51.5 Å². The van der Waals surface area contributed by atoms with Crippen LogP contribution in [0.15, 0.2) is 24.3 Å². The fourth-order valence-electron chi connectivity index (χ4n) is 2.44. The van der Waals surface area contributed by atoms with Gasteiger partial charge in [0.2, 0.25) is 0 Å². The lowest BCUT2D eigenvalue weighted by molar-refractivity contribution is 0.0391. The van der Waals surface area contributed by atoms with Gasteiger partial charge in [-0.05, 0) is 24.0 Å². The van der Waals surface area contributed by atoms with Crippen molar-refractivity contribution in [3.8, 4) is 0 Å². The minimum Gasteiger partial charge on any atom is -0.381 e. The molecular weight excluding hydrogens is 196 g/mol. The molecule has 1 aromatic rings. The number of ether oxygens (including phenoxy) is 1. The summed E-state index contributed by atoms with van der Waals surface area (Å²) in [5, 5.41) is 0. The molecular formula is C15H24O. The highest BCUT2D eigenvalue weighted by Crippen LogP contribution is 2.29. The van der Waals surface area contributed by atoms with E-state index in [1.54, 1.807) is 0 Å². The first kappa shape index (κ1) is 13.2. The molecule has 1 rings (SSSR count). The van der Waals surface area contributed by atoms with Crippen LogP contribution in [-0.4, -0.2) is 13.2 Å². The number of hydrogen-bond acceptors (Lipinski definition) is 1. The van der Waals surface area contributed by atoms with Gasteiger partial charge in [-0.2, -0.15) is 0 Å². The van der Waals surface area contributed by atoms with Crippen molar-refractivity contribution in [1.29, 1.82) is 0 Å². The molecule has 0 N–H and O–H groups in total. The third kappa shape index (κ3) is 2.85. The minimum atomic E-state index is 0.311. The van der Waals surface area contributed by atoms with E-state index in [0.29, 0.717) is 17.9 Å². The van der Waals surface area contributed by atoms with Crippen molar-refractivity contribution >= 4 is 0 Å². The van der Waals surface area contributed by atoms with E-state index in [2.05, 4.69) is 52.0 Å². The van der Waals surface area contributed by atoms with Crippen LogP contribution >= 0.6 is 0 Å². The zero-order valence-corrected chi connectivity index (χ0v) is 11.2. The van der Waals surface area contributed by atoms with Crippen LogP contribution in [0, 0.1) is 12.8 Å². The number of methoxy groups -OCH3 is 1. The standard InChI is InChI=1S/C15H24O/c1-6-11(2)15(16-5)13(4)14-10-8-7-9-12(14)3/h7-11,13,15H,6H2,1-5H3/t11-,13-,15+/m1/s1. The van der Waals surface area contributed by atoms with Crippen molar-refractivity contribution in [2.24, 2.45) is 5.92 Å². The van der Waals surface area contributed by atoms with Crippen molar-refractivity contribution in [1.82, 2.24) is 0 Å². The summed E-state index contributed by atoms with van der Waals surface area (Å²) in [6.07, 6.45) is 1.47. The molecule has 0 aliphatic rings. The van der Waals surface area contributed by atoms with Crippen LogP contribution in [0.4, 0.5) is 0 Å². The van der Waals surface area contributed by atoms with Crippen molar-refractivity contribution in [2.75, 3.05) is 7.11 Å². The summed E-state index contributed by atoms with van der Waals surface area (Å²) < 4.78 is 5.67. The van der Waals surface area contributed by atoms with Crippen LogP contribution in [-0.2, 0) is 4.74 Å². The zero-order valence-electron chi connectivity index (χ0n) is 11.2. The molecule has 1 heteroatoms. The van der Waals surface area contributed by atoms with Crippen LogP contribution < -0.4 is 0 Å². The van der Waals surface area contributed by atoms with E-state index in [1.807, 2.05) is 7.11 Å². The molecule has 90 valence electrons. The second kappa shape index (κ2) is 6.05. The van der Waals surface area contributed by atoms with Gasteiger partial charge in [0.05, 0.1) is 6.10 Å². The maximum absolute atomic E-state index is 5.67. The lowest BCUT2D eigenvalue weighted by Crippen LogP contribution is -2.26. The van der Waals surface area contributed by atoms with E-state index < -0.39 is 0 Å². The predicted octanol–water partition coefficient (Wildman–Crippen LogP) is 4.16. The second-order valence-electron chi connectivity index (χ2n) is 4.73. The Morgan fingerprint density at radius 1 is 1.19 bits per heavy atom. The number of benzene rings is 1. The van der Waals surface area contributed by atoms with Gasteiger partial charge >= 0.3 is 0 Å². The van der Waals surface area contributed by atoms with Crippen LogP contribution in [0.2, 0.25) is 0 Å². The average Bonchev–Trinajstić information content (AvgIpc) is 2.30. The van der Waals surface area contributed by atoms with Crippen molar-refractivity contribution in [2.45, 2.75) is 46.1 Å². The number of hydrogen-bond donors (Lipinski definition) is 0.